The Labute approximate surface area is 856 Å². The molecule has 8 aliphatic heterocycles. The third kappa shape index (κ3) is 40.3. The van der Waals surface area contributed by atoms with Gasteiger partial charge in [0.05, 0.1) is 56.7 Å². The number of ether oxygens (including phenoxy) is 9. The quantitative estimate of drug-likeness (QED) is 0.0483. The molecule has 23 nitrogen and oxygen atoms in total. The van der Waals surface area contributed by atoms with Gasteiger partial charge < -0.3 is 87.6 Å². The number of thiophene rings is 4. The fourth-order valence-corrected chi connectivity index (χ4v) is 21.4. The van der Waals surface area contributed by atoms with Crippen LogP contribution in [-0.2, 0) is 91.2 Å². The molecular formula is C110H155F5N10O13S4. The van der Waals surface area contributed by atoms with Crippen LogP contribution in [0.1, 0.15) is 172 Å². The molecule has 4 aromatic carbocycles. The van der Waals surface area contributed by atoms with Crippen molar-refractivity contribution < 1.29 is 83.8 Å². The summed E-state index contributed by atoms with van der Waals surface area (Å²) in [6.45, 7) is 48.7. The second-order valence-electron chi connectivity index (χ2n) is 40.4. The summed E-state index contributed by atoms with van der Waals surface area (Å²) in [5.41, 5.74) is 11.5. The van der Waals surface area contributed by atoms with Gasteiger partial charge in [0.25, 0.3) is 23.6 Å². The largest absolute Gasteiger partial charge is 0.481 e. The van der Waals surface area contributed by atoms with Crippen LogP contribution in [-0.4, -0.2) is 199 Å². The van der Waals surface area contributed by atoms with Crippen LogP contribution < -0.4 is 68.5 Å². The number of nitrogens with one attached hydrogen (secondary N) is 2. The zero-order chi connectivity index (χ0) is 103. The van der Waals surface area contributed by atoms with E-state index in [1.165, 1.54) is 84.8 Å². The topological polar surface area (TPSA) is 211 Å². The van der Waals surface area contributed by atoms with Crippen molar-refractivity contribution in [2.75, 3.05) is 193 Å². The Morgan fingerprint density at radius 3 is 1.32 bits per heavy atom. The van der Waals surface area contributed by atoms with Crippen molar-refractivity contribution >= 4 is 113 Å². The van der Waals surface area contributed by atoms with Crippen molar-refractivity contribution in [1.29, 1.82) is 0 Å². The number of morpholine rings is 3. The number of pyridine rings is 1. The van der Waals surface area contributed by atoms with Crippen molar-refractivity contribution in [1.82, 2.24) is 9.88 Å². The highest BCUT2D eigenvalue weighted by molar-refractivity contribution is 7.17. The molecule has 0 saturated carbocycles. The lowest BCUT2D eigenvalue weighted by Gasteiger charge is -2.34. The Kier molecular flexibility index (Phi) is 48.1. The van der Waals surface area contributed by atoms with Crippen LogP contribution in [0.3, 0.4) is 0 Å². The van der Waals surface area contributed by atoms with E-state index < -0.39 is 19.0 Å². The molecule has 4 amide bonds. The van der Waals surface area contributed by atoms with Crippen molar-refractivity contribution in [2.24, 2.45) is 53.3 Å². The molecule has 0 spiro atoms. The number of anilines is 8. The van der Waals surface area contributed by atoms with Crippen molar-refractivity contribution in [3.8, 4) is 33.1 Å². The van der Waals surface area contributed by atoms with Gasteiger partial charge in [0.15, 0.2) is 59.6 Å². The lowest BCUT2D eigenvalue weighted by atomic mass is 10.0. The summed E-state index contributed by atoms with van der Waals surface area (Å²) in [5, 5.41) is 9.14. The molecule has 782 valence electrons. The maximum atomic E-state index is 13.8. The first-order valence-corrected chi connectivity index (χ1v) is 53.4. The number of benzene rings is 4. The van der Waals surface area contributed by atoms with Crippen LogP contribution in [0.2, 0.25) is 0 Å². The number of carbonyl (C=O) groups excluding carboxylic acids is 4. The summed E-state index contributed by atoms with van der Waals surface area (Å²) in [7, 11) is 5.81. The maximum absolute atomic E-state index is 13.8. The molecule has 0 bridgehead atoms. The monoisotopic (exact) mass is 2050 g/mol. The minimum atomic E-state index is -3.08. The van der Waals surface area contributed by atoms with Gasteiger partial charge in [0.2, 0.25) is 0 Å². The van der Waals surface area contributed by atoms with Gasteiger partial charge in [0, 0.05) is 117 Å². The minimum absolute atomic E-state index is 0.0244. The van der Waals surface area contributed by atoms with Gasteiger partial charge in [0.1, 0.15) is 21.6 Å². The Balaban J connectivity index is 0.000000178. The second-order valence-corrected chi connectivity index (χ2v) is 44.9. The predicted octanol–water partition coefficient (Wildman–Crippen LogP) is 23.6. The SMILES string of the molecule is CC(C)Cc1cc2c(s1)N(C)C(=O)CO2.CC(C)Cc1cc2c(s1)NC(=O)CO2.CC(C)Cc1cc2c(s1)OCC(=O)N2.CC(C)Cc1cc2c(s1)OCC(=O)N2C.CC(C)Cc1ccc(F)c(N2CCOCC2)c1.CC(C)Cc1ccc(OC(F)F)c(OC(F)F)c1.CC(C)Cc1cccc(N2CCN(C)CC2)c1.CC(C)Cc1cccc(N2CCOCC2)c1.CC(C)Cc1ccnc(N2CCOCC2)c1. The fourth-order valence-electron chi connectivity index (χ4n) is 16.4. The Hall–Kier alpha value is -9.80. The van der Waals surface area contributed by atoms with E-state index in [1.54, 1.807) is 81.4 Å². The zero-order valence-electron chi connectivity index (χ0n) is 87.4. The molecule has 2 N–H and O–H groups in total. The lowest BCUT2D eigenvalue weighted by molar-refractivity contribution is -0.121. The highest BCUT2D eigenvalue weighted by Crippen LogP contribution is 2.44. The van der Waals surface area contributed by atoms with Gasteiger partial charge in [-0.1, -0.05) is 161 Å². The van der Waals surface area contributed by atoms with E-state index in [0.29, 0.717) is 61.1 Å². The van der Waals surface area contributed by atoms with Crippen molar-refractivity contribution in [2.45, 2.75) is 196 Å². The molecule has 142 heavy (non-hydrogen) atoms. The number of carbonyl (C=O) groups is 4. The van der Waals surface area contributed by atoms with Gasteiger partial charge >= 0.3 is 13.2 Å². The molecular weight excluding hydrogens is 1890 g/mol. The Morgan fingerprint density at radius 1 is 0.366 bits per heavy atom. The van der Waals surface area contributed by atoms with E-state index in [-0.39, 0.29) is 61.6 Å². The third-order valence-electron chi connectivity index (χ3n) is 22.9. The summed E-state index contributed by atoms with van der Waals surface area (Å²) >= 11 is 6.55. The van der Waals surface area contributed by atoms with Crippen LogP contribution in [0, 0.1) is 59.1 Å². The maximum Gasteiger partial charge on any atom is 0.387 e. The van der Waals surface area contributed by atoms with Crippen LogP contribution >= 0.6 is 45.3 Å². The number of nitrogens with zero attached hydrogens (tertiary/aromatic N) is 8. The van der Waals surface area contributed by atoms with Gasteiger partial charge in [-0.05, 0) is 231 Å². The normalized spacial score (nSPS) is 15.6. The Morgan fingerprint density at radius 2 is 0.782 bits per heavy atom. The number of piperazine rings is 1. The summed E-state index contributed by atoms with van der Waals surface area (Å²) in [6, 6.07) is 40.0. The number of hydrogen-bond donors (Lipinski definition) is 2. The van der Waals surface area contributed by atoms with Crippen LogP contribution in [0.15, 0.2) is 128 Å². The summed E-state index contributed by atoms with van der Waals surface area (Å²) in [5.74, 6) is 7.40. The molecule has 8 aliphatic rings. The van der Waals surface area contributed by atoms with E-state index in [1.807, 2.05) is 44.3 Å². The molecule has 4 saturated heterocycles. The number of rotatable bonds is 26. The number of amides is 4. The average Bonchev–Trinajstić information content (AvgIpc) is 1.67. The molecule has 0 aliphatic carbocycles. The Bertz CT molecular complexity index is 5100. The van der Waals surface area contributed by atoms with E-state index in [0.717, 1.165) is 196 Å². The third-order valence-corrected chi connectivity index (χ3v) is 27.3. The van der Waals surface area contributed by atoms with Crippen molar-refractivity contribution in [3.63, 3.8) is 0 Å². The number of halogens is 5. The van der Waals surface area contributed by atoms with Gasteiger partial charge in [-0.15, -0.1) is 45.3 Å². The van der Waals surface area contributed by atoms with Crippen LogP contribution in [0.4, 0.5) is 66.2 Å². The first-order valence-electron chi connectivity index (χ1n) is 50.2. The molecule has 4 fully saturated rings. The van der Waals surface area contributed by atoms with Gasteiger partial charge in [-0.3, -0.25) is 19.2 Å². The molecule has 0 unspecified atom stereocenters. The first-order chi connectivity index (χ1) is 67.6. The standard InChI is InChI=1S/C15H24N2.C14H20FNO.C14H21NO.C13H20N2O.C12H14F4O2.2C11H15NO2S.2C10H13NO2S/c1-13(2)11-14-5-4-6-15(12-14)17-9-7-16(3)8-10-17;1-11(2)9-12-3-4-13(15)14(10-12)16-5-7-17-8-6-16;1-12(2)10-13-4-3-5-14(11-13)15-6-8-16-9-7-15;1-11(2)9-12-3-4-14-13(10-12)15-5-7-16-8-6-15;1-7(2)5-8-3-4-9(17-11(13)14)10(6-8)18-12(15)16;1-7(2)4-8-5-9-11(15-8)12(3)10(13)6-14-9;1-7(2)4-8-5-9-11(15-8)14-6-10(13)12(9)3;1-6(2)3-7-4-8-10(14-7)11-9(12)5-13-8;1-6(2)3-7-4-8-10(14-7)13-5-9(12)11-8/h4-6,12-13H,7-11H2,1-3H3;3-4,10-11H,5-9H2,1-2H3;3-5,11-12H,6-10H2,1-2H3;3-4,10-11H,5-9H2,1-2H3;3-4,6-7,11-12H,5H2,1-2H3;2*5,7H,4,6H2,1-3H3;2*4,6H,3,5H2,1-2H3,(H,11,12). The molecule has 32 heteroatoms. The van der Waals surface area contributed by atoms with Gasteiger partial charge in [-0.25, -0.2) is 9.37 Å². The number of fused-ring (bicyclic) bond motifs is 4. The average molecular weight is 2050 g/mol. The molecule has 5 aromatic heterocycles. The minimum Gasteiger partial charge on any atom is -0.481 e. The molecule has 13 heterocycles. The number of likely N-dealkylation sites (N-methyl/N-ethyl adjacent to an activating group) is 3. The second kappa shape index (κ2) is 59.0. The predicted molar refractivity (Wildman–Crippen MR) is 572 cm³/mol. The first kappa shape index (κ1) is 116. The van der Waals surface area contributed by atoms with Crippen LogP contribution in [0.5, 0.6) is 33.1 Å². The zero-order valence-corrected chi connectivity index (χ0v) is 90.7. The summed E-state index contributed by atoms with van der Waals surface area (Å²) in [4.78, 5) is 69.5. The highest BCUT2D eigenvalue weighted by Gasteiger charge is 2.30. The molecule has 9 aromatic rings. The van der Waals surface area contributed by atoms with Crippen molar-refractivity contribution in [3.05, 3.63) is 181 Å². The molecule has 0 atom stereocenters. The van der Waals surface area contributed by atoms with E-state index in [2.05, 4.69) is 240 Å². The number of alkyl halides is 4. The van der Waals surface area contributed by atoms with Crippen LogP contribution in [0.25, 0.3) is 0 Å². The fraction of sp³-hybridized carbons (Fsp3) is 0.555. The lowest BCUT2D eigenvalue weighted by Crippen LogP contribution is -2.44. The smallest absolute Gasteiger partial charge is 0.387 e. The number of aromatic nitrogens is 1. The summed E-state index contributed by atoms with van der Waals surface area (Å²) < 4.78 is 108. The molecule has 17 rings (SSSR count). The van der Waals surface area contributed by atoms with E-state index >= 15 is 0 Å². The molecule has 0 radical (unpaired) electrons. The highest BCUT2D eigenvalue weighted by atomic mass is 32.1. The van der Waals surface area contributed by atoms with Gasteiger partial charge in [-0.2, -0.15) is 17.6 Å². The number of hydrogen-bond acceptors (Lipinski definition) is 23. The summed E-state index contributed by atoms with van der Waals surface area (Å²) in [6.07, 6.45) is 11.2. The van der Waals surface area contributed by atoms with E-state index in [9.17, 15) is 41.1 Å². The van der Waals surface area contributed by atoms with E-state index in [4.69, 9.17) is 33.2 Å².